The second kappa shape index (κ2) is 9.16. The first kappa shape index (κ1) is 24.4. The van der Waals surface area contributed by atoms with Crippen molar-refractivity contribution in [1.82, 2.24) is 0 Å². The van der Waals surface area contributed by atoms with Crippen molar-refractivity contribution in [1.29, 1.82) is 0 Å². The molecule has 7 heteroatoms. The molecule has 2 saturated heterocycles. The number of rotatable bonds is 6. The van der Waals surface area contributed by atoms with Crippen molar-refractivity contribution >= 4 is 31.0 Å². The van der Waals surface area contributed by atoms with Crippen LogP contribution < -0.4 is 0 Å². The van der Waals surface area contributed by atoms with Gasteiger partial charge in [-0.15, -0.1) is 0 Å². The molecule has 1 aliphatic carbocycles. The van der Waals surface area contributed by atoms with Crippen LogP contribution in [0.25, 0.3) is 0 Å². The van der Waals surface area contributed by atoms with E-state index in [1.165, 1.54) is 0 Å². The summed E-state index contributed by atoms with van der Waals surface area (Å²) in [6.45, 7) is 12.3. The van der Waals surface area contributed by atoms with Gasteiger partial charge in [0, 0.05) is 0 Å². The van der Waals surface area contributed by atoms with E-state index < -0.39 is 19.0 Å². The van der Waals surface area contributed by atoms with Gasteiger partial charge in [-0.2, -0.15) is 0 Å². The fourth-order valence-electron chi connectivity index (χ4n) is 5.95. The number of carbonyl (C=O) groups is 1. The molecule has 0 aromatic heterocycles. The van der Waals surface area contributed by atoms with Crippen LogP contribution in [-0.2, 0) is 27.7 Å². The zero-order valence-corrected chi connectivity index (χ0v) is 23.0. The topological polar surface area (TPSA) is 54.0 Å². The van der Waals surface area contributed by atoms with Crippen molar-refractivity contribution in [3.63, 3.8) is 0 Å². The predicted molar refractivity (Wildman–Crippen MR) is 128 cm³/mol. The van der Waals surface area contributed by atoms with Crippen molar-refractivity contribution in [2.45, 2.75) is 81.9 Å². The van der Waals surface area contributed by atoms with Gasteiger partial charge in [0.2, 0.25) is 0 Å². The maximum absolute atomic E-state index is 13.6. The third-order valence-corrected chi connectivity index (χ3v) is 9.61. The summed E-state index contributed by atoms with van der Waals surface area (Å²) in [5.41, 5.74) is 0.214. The van der Waals surface area contributed by atoms with E-state index in [0.717, 1.165) is 31.4 Å². The molecule has 3 aliphatic rings. The second-order valence-corrected chi connectivity index (χ2v) is 14.9. The van der Waals surface area contributed by atoms with Gasteiger partial charge in [-0.05, 0) is 0 Å². The molecule has 2 aliphatic heterocycles. The summed E-state index contributed by atoms with van der Waals surface area (Å²) < 4.78 is 24.4. The monoisotopic (exact) mass is 526 g/mol. The Balaban J connectivity index is 1.77. The van der Waals surface area contributed by atoms with Crippen LogP contribution in [0.15, 0.2) is 30.3 Å². The van der Waals surface area contributed by atoms with Crippen LogP contribution in [0.2, 0.25) is 13.1 Å². The predicted octanol–water partition coefficient (Wildman–Crippen LogP) is 3.67. The van der Waals surface area contributed by atoms with E-state index in [0.29, 0.717) is 13.0 Å². The molecule has 4 rings (SSSR count). The van der Waals surface area contributed by atoms with Crippen LogP contribution >= 0.6 is 0 Å². The first-order valence-electron chi connectivity index (χ1n) is 12.0. The van der Waals surface area contributed by atoms with Gasteiger partial charge >= 0.3 is 203 Å². The summed E-state index contributed by atoms with van der Waals surface area (Å²) in [4.78, 5) is 13.6. The van der Waals surface area contributed by atoms with Crippen LogP contribution in [0.3, 0.4) is 0 Å². The molecule has 3 fully saturated rings. The molecular formula is C25H38O5SeSi. The number of hydrogen-bond donors (Lipinski definition) is 0. The molecule has 1 saturated carbocycles. The minimum atomic E-state index is -1.30. The van der Waals surface area contributed by atoms with Gasteiger partial charge in [-0.3, -0.25) is 0 Å². The molecule has 0 spiro atoms. The summed E-state index contributed by atoms with van der Waals surface area (Å²) in [5.74, 6) is -0.115. The summed E-state index contributed by atoms with van der Waals surface area (Å²) in [6.07, 6.45) is 3.56. The van der Waals surface area contributed by atoms with E-state index in [-0.39, 0.29) is 35.6 Å². The first-order chi connectivity index (χ1) is 15.1. The van der Waals surface area contributed by atoms with Gasteiger partial charge < -0.3 is 0 Å². The van der Waals surface area contributed by atoms with Gasteiger partial charge in [0.15, 0.2) is 0 Å². The average molecular weight is 526 g/mol. The Morgan fingerprint density at radius 1 is 1.19 bits per heavy atom. The van der Waals surface area contributed by atoms with E-state index in [4.69, 9.17) is 18.6 Å². The summed E-state index contributed by atoms with van der Waals surface area (Å²) in [5, 5.41) is 0. The Kier molecular flexibility index (Phi) is 6.99. The van der Waals surface area contributed by atoms with Gasteiger partial charge in [-0.25, -0.2) is 0 Å². The third-order valence-electron chi connectivity index (χ3n) is 7.27. The molecule has 0 bridgehead atoms. The Bertz CT molecular complexity index is 806. The van der Waals surface area contributed by atoms with Crippen LogP contribution in [0, 0.1) is 17.3 Å². The molecule has 0 N–H and O–H groups in total. The number of ether oxygens (including phenoxy) is 3. The molecule has 178 valence electrons. The summed E-state index contributed by atoms with van der Waals surface area (Å²) in [6, 6.07) is 10.1. The molecule has 1 aromatic rings. The zero-order valence-electron chi connectivity index (χ0n) is 20.0. The molecule has 32 heavy (non-hydrogen) atoms. The number of esters is 1. The van der Waals surface area contributed by atoms with Crippen LogP contribution in [0.4, 0.5) is 0 Å². The minimum absolute atomic E-state index is 0.0548. The van der Waals surface area contributed by atoms with Crippen LogP contribution in [-0.4, -0.2) is 62.2 Å². The molecule has 1 aromatic carbocycles. The first-order valence-corrected chi connectivity index (χ1v) is 15.7. The van der Waals surface area contributed by atoms with Gasteiger partial charge in [0.25, 0.3) is 0 Å². The Morgan fingerprint density at radius 2 is 1.91 bits per heavy atom. The normalized spacial score (nSPS) is 37.5. The second-order valence-electron chi connectivity index (χ2n) is 11.0. The summed E-state index contributed by atoms with van der Waals surface area (Å²) in [7, 11) is -1.30. The van der Waals surface area contributed by atoms with Crippen molar-refractivity contribution in [2.24, 2.45) is 17.3 Å². The van der Waals surface area contributed by atoms with E-state index in [9.17, 15) is 4.79 Å². The van der Waals surface area contributed by atoms with Crippen molar-refractivity contribution < 1.29 is 23.4 Å². The molecule has 6 atom stereocenters. The van der Waals surface area contributed by atoms with Gasteiger partial charge in [0.1, 0.15) is 0 Å². The number of benzene rings is 1. The fraction of sp³-hybridized carbons (Fsp3) is 0.720. The van der Waals surface area contributed by atoms with Crippen LogP contribution in [0.5, 0.6) is 0 Å². The van der Waals surface area contributed by atoms with Crippen molar-refractivity contribution in [3.8, 4) is 0 Å². The van der Waals surface area contributed by atoms with Crippen LogP contribution in [0.1, 0.15) is 52.0 Å². The Labute approximate surface area is 202 Å². The average Bonchev–Trinajstić information content (AvgIpc) is 3.17. The summed E-state index contributed by atoms with van der Waals surface area (Å²) >= 11 is 2.70. The Morgan fingerprint density at radius 3 is 2.50 bits per heavy atom. The van der Waals surface area contributed by atoms with Gasteiger partial charge in [0.05, 0.1) is 0 Å². The van der Waals surface area contributed by atoms with Crippen molar-refractivity contribution in [2.75, 3.05) is 13.2 Å². The third kappa shape index (κ3) is 4.37. The SMILES string of the molecule is C[SiH](C)OC[C@]12C[C@@H](OC3CCCCO3)[C@H](C(C)(C)C)[C@H]1[C@]([SeH])(c1ccccc1)C(=O)O2. The molecule has 0 radical (unpaired) electrons. The van der Waals surface area contributed by atoms with Crippen molar-refractivity contribution in [3.05, 3.63) is 35.9 Å². The van der Waals surface area contributed by atoms with Gasteiger partial charge in [-0.1, -0.05) is 0 Å². The zero-order chi connectivity index (χ0) is 23.1. The molecule has 2 heterocycles. The number of fused-ring (bicyclic) bond motifs is 1. The molecule has 5 nitrogen and oxygen atoms in total. The number of hydrogen-bond acceptors (Lipinski definition) is 5. The molecule has 0 amide bonds. The van der Waals surface area contributed by atoms with E-state index >= 15 is 0 Å². The standard InChI is InChI=1S/C25H38O5SeSi/c1-23(2,3)20-18(29-19-13-9-10-14-27-19)15-24(16-28-32(4)5)21(20)25(31,22(26)30-24)17-11-7-6-8-12-17/h6-8,11-12,18-21,31-32H,9-10,13-16H2,1-5H3/t18-,19?,20+,21-,24-,25-/m1/s1. The van der Waals surface area contributed by atoms with E-state index in [1.807, 2.05) is 30.3 Å². The van der Waals surface area contributed by atoms with E-state index in [1.54, 1.807) is 0 Å². The Hall–Kier alpha value is -0.694. The quantitative estimate of drug-likeness (QED) is 0.419. The fourth-order valence-corrected chi connectivity index (χ4v) is 7.81. The van der Waals surface area contributed by atoms with E-state index in [2.05, 4.69) is 49.9 Å². The molecular weight excluding hydrogens is 487 g/mol. The maximum atomic E-state index is 13.6. The molecule has 1 unspecified atom stereocenters. The number of carbonyl (C=O) groups excluding carboxylic acids is 1.